The average molecular weight is 159 g/mol. The number of rotatable bonds is 0. The third-order valence-electron chi connectivity index (χ3n) is 0. The molecule has 0 aliphatic rings. The number of hydrogen-bond donors (Lipinski definition) is 0. The van der Waals surface area contributed by atoms with E-state index in [1.807, 2.05) is 0 Å². The van der Waals surface area contributed by atoms with Crippen LogP contribution in [0.3, 0.4) is 0 Å². The Morgan fingerprint density at radius 3 is 1.50 bits per heavy atom. The topological polar surface area (TPSA) is 0 Å². The molecule has 1 radical (unpaired) electrons. The smallest absolute Gasteiger partial charge is 0 e. The first-order valence-electron chi connectivity index (χ1n) is 1.56. The standard InChI is InChI=1S/C3H5.C2H5.Y/c1-3-2;1-2;/h1H2,2H3;1H2,2H3;/q2*-1;. The molecule has 35 valence electrons. The van der Waals surface area contributed by atoms with Gasteiger partial charge in [0.1, 0.15) is 0 Å². The van der Waals surface area contributed by atoms with Gasteiger partial charge in [-0.05, 0) is 0 Å². The molecule has 0 saturated heterocycles. The minimum Gasteiger partial charge on any atom is -0.507 e. The van der Waals surface area contributed by atoms with E-state index < -0.39 is 0 Å². The Bertz CT molecular complexity index is 11.4. The van der Waals surface area contributed by atoms with Gasteiger partial charge in [-0.1, -0.05) is 0 Å². The van der Waals surface area contributed by atoms with Gasteiger partial charge in [-0.2, -0.15) is 13.8 Å². The molecule has 1 heteroatoms. The zero-order chi connectivity index (χ0) is 4.71. The van der Waals surface area contributed by atoms with Crippen LogP contribution in [0.5, 0.6) is 0 Å². The van der Waals surface area contributed by atoms with Gasteiger partial charge in [-0.25, -0.2) is 0 Å². The predicted molar refractivity (Wildman–Crippen MR) is 25.6 cm³/mol. The summed E-state index contributed by atoms with van der Waals surface area (Å²) in [5.41, 5.74) is 0. The summed E-state index contributed by atoms with van der Waals surface area (Å²) in [6.45, 7) is 10.0. The zero-order valence-corrected chi connectivity index (χ0v) is 7.33. The first-order valence-corrected chi connectivity index (χ1v) is 1.56. The van der Waals surface area contributed by atoms with Gasteiger partial charge < -0.3 is 13.0 Å². The van der Waals surface area contributed by atoms with Crippen LogP contribution in [0, 0.1) is 13.0 Å². The Kier molecular flexibility index (Phi) is 106. The molecule has 0 unspecified atom stereocenters. The fourth-order valence-corrected chi connectivity index (χ4v) is 0. The van der Waals surface area contributed by atoms with Crippen LogP contribution in [0.25, 0.3) is 0 Å². The third-order valence-corrected chi connectivity index (χ3v) is 0. The van der Waals surface area contributed by atoms with Crippen LogP contribution in [-0.4, -0.2) is 0 Å². The van der Waals surface area contributed by atoms with Crippen molar-refractivity contribution < 1.29 is 32.7 Å². The monoisotopic (exact) mass is 159 g/mol. The van der Waals surface area contributed by atoms with Crippen molar-refractivity contribution in [1.29, 1.82) is 0 Å². The maximum atomic E-state index is 3.25. The van der Waals surface area contributed by atoms with Gasteiger partial charge in [0.05, 0.1) is 0 Å². The second kappa shape index (κ2) is 40.3. The molecular formula is C5H10Y-2. The molecule has 0 aromatic heterocycles. The van der Waals surface area contributed by atoms with Gasteiger partial charge in [0.15, 0.2) is 0 Å². The maximum Gasteiger partial charge on any atom is 0 e. The van der Waals surface area contributed by atoms with Crippen molar-refractivity contribution in [1.82, 2.24) is 0 Å². The number of allylic oxidation sites excluding steroid dienone is 1. The molecule has 6 heavy (non-hydrogen) atoms. The SMILES string of the molecule is C=[C-]C.[CH2-]C.[Y]. The van der Waals surface area contributed by atoms with Crippen molar-refractivity contribution in [2.45, 2.75) is 13.8 Å². The van der Waals surface area contributed by atoms with Crippen LogP contribution < -0.4 is 0 Å². The van der Waals surface area contributed by atoms with Crippen molar-refractivity contribution in [3.63, 3.8) is 0 Å². The molecule has 0 heterocycles. The largest absolute Gasteiger partial charge is 0.507 e. The molecule has 0 aliphatic heterocycles. The van der Waals surface area contributed by atoms with Crippen LogP contribution in [-0.2, 0) is 32.7 Å². The Labute approximate surface area is 65.9 Å². The molecule has 0 bridgehead atoms. The second-order valence-corrected chi connectivity index (χ2v) is 0.354. The van der Waals surface area contributed by atoms with Crippen molar-refractivity contribution in [3.05, 3.63) is 19.6 Å². The van der Waals surface area contributed by atoms with E-state index in [1.54, 1.807) is 13.8 Å². The molecule has 0 aromatic carbocycles. The fourth-order valence-electron chi connectivity index (χ4n) is 0. The van der Waals surface area contributed by atoms with E-state index in [-0.39, 0.29) is 32.7 Å². The molecule has 0 atom stereocenters. The first-order chi connectivity index (χ1) is 2.41. The normalized spacial score (nSPS) is 3.17. The first kappa shape index (κ1) is 15.8. The predicted octanol–water partition coefficient (Wildman–Crippen LogP) is 1.83. The minimum absolute atomic E-state index is 0. The summed E-state index contributed by atoms with van der Waals surface area (Å²) < 4.78 is 0. The Morgan fingerprint density at radius 1 is 1.50 bits per heavy atom. The third kappa shape index (κ3) is 100. The maximum absolute atomic E-state index is 3.25. The molecule has 0 N–H and O–H groups in total. The van der Waals surface area contributed by atoms with Crippen LogP contribution in [0.4, 0.5) is 0 Å². The molecule has 0 nitrogen and oxygen atoms in total. The fraction of sp³-hybridized carbons (Fsp3) is 0.400. The van der Waals surface area contributed by atoms with E-state index in [0.29, 0.717) is 0 Å². The van der Waals surface area contributed by atoms with Crippen molar-refractivity contribution in [3.8, 4) is 0 Å². The second-order valence-electron chi connectivity index (χ2n) is 0.354. The van der Waals surface area contributed by atoms with Gasteiger partial charge >= 0.3 is 0 Å². The molecular weight excluding hydrogens is 149 g/mol. The van der Waals surface area contributed by atoms with Crippen LogP contribution in [0.2, 0.25) is 0 Å². The summed E-state index contributed by atoms with van der Waals surface area (Å²) in [5, 5.41) is 0. The van der Waals surface area contributed by atoms with Crippen LogP contribution in [0.15, 0.2) is 6.58 Å². The summed E-state index contributed by atoms with van der Waals surface area (Å²) in [7, 11) is 0. The van der Waals surface area contributed by atoms with E-state index in [2.05, 4.69) is 19.6 Å². The summed E-state index contributed by atoms with van der Waals surface area (Å²) in [6.07, 6.45) is 2.50. The van der Waals surface area contributed by atoms with E-state index in [4.69, 9.17) is 0 Å². The minimum atomic E-state index is 0. The zero-order valence-electron chi connectivity index (χ0n) is 4.49. The molecule has 0 saturated carbocycles. The average Bonchev–Trinajstić information content (AvgIpc) is 1.46. The van der Waals surface area contributed by atoms with Gasteiger partial charge in [-0.3, -0.25) is 6.58 Å². The number of hydrogen-bond acceptors (Lipinski definition) is 0. The molecule has 0 aromatic rings. The van der Waals surface area contributed by atoms with Gasteiger partial charge in [0.25, 0.3) is 0 Å². The molecule has 0 aliphatic carbocycles. The summed E-state index contributed by atoms with van der Waals surface area (Å²) in [6, 6.07) is 0. The molecule has 0 fully saturated rings. The Hall–Kier alpha value is 0.844. The molecule has 0 rings (SSSR count). The van der Waals surface area contributed by atoms with Gasteiger partial charge in [-0.15, -0.1) is 0 Å². The van der Waals surface area contributed by atoms with Crippen molar-refractivity contribution in [2.24, 2.45) is 0 Å². The quantitative estimate of drug-likeness (QED) is 0.473. The van der Waals surface area contributed by atoms with Crippen molar-refractivity contribution in [2.75, 3.05) is 0 Å². The molecule has 0 spiro atoms. The Balaban J connectivity index is -0.0000000275. The molecule has 0 amide bonds. The van der Waals surface area contributed by atoms with Crippen LogP contribution >= 0.6 is 0 Å². The van der Waals surface area contributed by atoms with E-state index in [9.17, 15) is 0 Å². The van der Waals surface area contributed by atoms with E-state index in [1.165, 1.54) is 0 Å². The van der Waals surface area contributed by atoms with Gasteiger partial charge in [0, 0.05) is 32.7 Å². The van der Waals surface area contributed by atoms with Crippen LogP contribution in [0.1, 0.15) is 13.8 Å². The van der Waals surface area contributed by atoms with Gasteiger partial charge in [0.2, 0.25) is 0 Å². The van der Waals surface area contributed by atoms with E-state index >= 15 is 0 Å². The summed E-state index contributed by atoms with van der Waals surface area (Å²) in [4.78, 5) is 0. The van der Waals surface area contributed by atoms with Crippen molar-refractivity contribution >= 4 is 0 Å². The Morgan fingerprint density at radius 2 is 1.50 bits per heavy atom. The summed E-state index contributed by atoms with van der Waals surface area (Å²) in [5.74, 6) is 0. The van der Waals surface area contributed by atoms with E-state index in [0.717, 1.165) is 0 Å². The summed E-state index contributed by atoms with van der Waals surface area (Å²) >= 11 is 0.